The second-order valence-corrected chi connectivity index (χ2v) is 7.01. The number of hydrazine groups is 1. The van der Waals surface area contributed by atoms with E-state index < -0.39 is 11.1 Å². The number of nitrogens with one attached hydrogen (secondary N) is 1. The molecular weight excluding hydrogens is 399 g/mol. The van der Waals surface area contributed by atoms with E-state index in [9.17, 15) is 9.18 Å². The maximum absolute atomic E-state index is 13.6. The number of carbonyl (C=O) groups is 1. The van der Waals surface area contributed by atoms with Gasteiger partial charge in [-0.15, -0.1) is 0 Å². The summed E-state index contributed by atoms with van der Waals surface area (Å²) in [7, 11) is 0. The van der Waals surface area contributed by atoms with Gasteiger partial charge in [0.1, 0.15) is 17.3 Å². The fraction of sp³-hybridized carbons (Fsp3) is 0.125. The zero-order chi connectivity index (χ0) is 19.3. The Morgan fingerprint density at radius 2 is 2.00 bits per heavy atom. The molecule has 0 radical (unpaired) electrons. The van der Waals surface area contributed by atoms with Crippen LogP contribution < -0.4 is 16.3 Å². The van der Waals surface area contributed by atoms with Gasteiger partial charge in [0.05, 0.1) is 6.54 Å². The molecule has 0 fully saturated rings. The number of thioether (sulfide) groups is 1. The molecule has 0 saturated carbocycles. The number of benzene rings is 2. The van der Waals surface area contributed by atoms with E-state index in [0.29, 0.717) is 27.8 Å². The molecule has 6 nitrogen and oxygen atoms in total. The lowest BCUT2D eigenvalue weighted by Gasteiger charge is -2.18. The first-order valence-corrected chi connectivity index (χ1v) is 9.04. The molecule has 1 amide bonds. The zero-order valence-electron chi connectivity index (χ0n) is 13.4. The quantitative estimate of drug-likeness (QED) is 0.142. The number of carbonyl (C=O) groups excluding carboxylic acids is 1. The summed E-state index contributed by atoms with van der Waals surface area (Å²) in [6.45, 7) is -0.0898. The molecule has 0 saturated heterocycles. The maximum atomic E-state index is 13.6. The van der Waals surface area contributed by atoms with Crippen LogP contribution in [0, 0.1) is 11.2 Å². The van der Waals surface area contributed by atoms with Crippen molar-refractivity contribution >= 4 is 46.4 Å². The Morgan fingerprint density at radius 3 is 2.65 bits per heavy atom. The van der Waals surface area contributed by atoms with E-state index in [2.05, 4.69) is 12.6 Å². The van der Waals surface area contributed by atoms with Crippen LogP contribution in [0.25, 0.3) is 0 Å². The van der Waals surface area contributed by atoms with Gasteiger partial charge in [0.25, 0.3) is 5.24 Å². The van der Waals surface area contributed by atoms with Crippen LogP contribution in [-0.2, 0) is 12.3 Å². The lowest BCUT2D eigenvalue weighted by molar-refractivity contribution is 0.222. The third kappa shape index (κ3) is 5.80. The maximum Gasteiger partial charge on any atom is 0.292 e. The minimum absolute atomic E-state index is 0.0283. The van der Waals surface area contributed by atoms with Gasteiger partial charge in [-0.2, -0.15) is 0 Å². The predicted molar refractivity (Wildman–Crippen MR) is 105 cm³/mol. The van der Waals surface area contributed by atoms with Crippen molar-refractivity contribution in [3.8, 4) is 11.5 Å². The third-order valence-electron chi connectivity index (χ3n) is 3.24. The summed E-state index contributed by atoms with van der Waals surface area (Å²) < 4.78 is 19.5. The molecule has 10 heteroatoms. The summed E-state index contributed by atoms with van der Waals surface area (Å²) in [5, 5.41) is 7.91. The minimum Gasteiger partial charge on any atom is -0.457 e. The number of nitrogens with two attached hydrogens (primary N) is 2. The van der Waals surface area contributed by atoms with Crippen LogP contribution in [0.15, 0.2) is 36.4 Å². The number of ether oxygens (including phenoxy) is 1. The normalized spacial score (nSPS) is 10.5. The smallest absolute Gasteiger partial charge is 0.292 e. The molecule has 0 aliphatic carbocycles. The molecule has 5 N–H and O–H groups in total. The highest BCUT2D eigenvalue weighted by Gasteiger charge is 2.14. The number of thiol groups is 1. The summed E-state index contributed by atoms with van der Waals surface area (Å²) in [6.07, 6.45) is 0. The molecule has 0 aromatic heterocycles. The van der Waals surface area contributed by atoms with Crippen LogP contribution in [-0.4, -0.2) is 15.4 Å². The number of amidine groups is 1. The van der Waals surface area contributed by atoms with E-state index in [1.54, 1.807) is 18.2 Å². The average Bonchev–Trinajstić information content (AvgIpc) is 2.56. The Morgan fingerprint density at radius 1 is 1.27 bits per heavy atom. The molecule has 0 heterocycles. The van der Waals surface area contributed by atoms with Crippen LogP contribution >= 0.6 is 36.0 Å². The molecule has 0 unspecified atom stereocenters. The van der Waals surface area contributed by atoms with Gasteiger partial charge in [-0.1, -0.05) is 42.1 Å². The van der Waals surface area contributed by atoms with Crippen molar-refractivity contribution in [1.82, 2.24) is 5.01 Å². The largest absolute Gasteiger partial charge is 0.457 e. The van der Waals surface area contributed by atoms with E-state index in [0.717, 1.165) is 22.3 Å². The highest BCUT2D eigenvalue weighted by Crippen LogP contribution is 2.33. The van der Waals surface area contributed by atoms with Crippen molar-refractivity contribution in [1.29, 1.82) is 5.41 Å². The lowest BCUT2D eigenvalue weighted by Crippen LogP contribution is -2.32. The Balaban J connectivity index is 2.34. The van der Waals surface area contributed by atoms with Gasteiger partial charge in [0.15, 0.2) is 5.17 Å². The Hall–Kier alpha value is -1.94. The number of rotatable bonds is 6. The molecule has 2 rings (SSSR count). The first-order chi connectivity index (χ1) is 12.3. The van der Waals surface area contributed by atoms with Gasteiger partial charge in [-0.25, -0.2) is 10.2 Å². The second-order valence-electron chi connectivity index (χ2n) is 5.17. The number of amides is 1. The van der Waals surface area contributed by atoms with Crippen molar-refractivity contribution in [2.45, 2.75) is 12.3 Å². The van der Waals surface area contributed by atoms with Crippen molar-refractivity contribution in [3.63, 3.8) is 0 Å². The molecule has 0 bridgehead atoms. The van der Waals surface area contributed by atoms with Gasteiger partial charge in [0, 0.05) is 21.9 Å². The van der Waals surface area contributed by atoms with Crippen LogP contribution in [0.5, 0.6) is 11.5 Å². The van der Waals surface area contributed by atoms with Crippen LogP contribution in [0.2, 0.25) is 5.02 Å². The van der Waals surface area contributed by atoms with Crippen LogP contribution in [0.3, 0.4) is 0 Å². The topological polar surface area (TPSA) is 105 Å². The van der Waals surface area contributed by atoms with Crippen molar-refractivity contribution in [3.05, 3.63) is 58.4 Å². The van der Waals surface area contributed by atoms with E-state index >= 15 is 0 Å². The highest BCUT2D eigenvalue weighted by atomic mass is 35.5. The van der Waals surface area contributed by atoms with E-state index in [-0.39, 0.29) is 11.7 Å². The summed E-state index contributed by atoms with van der Waals surface area (Å²) in [4.78, 5) is 11.2. The standard InChI is InChI=1S/C16H16ClFN4O2S2/c17-11-2-1-9(8-26-15(19)20)14(6-11)24-13-4-3-12(18)5-10(13)7-22(21)16(23)25/h1-6H,7-8,21H2,(H3,19,20)(H,23,25). The monoisotopic (exact) mass is 414 g/mol. The summed E-state index contributed by atoms with van der Waals surface area (Å²) in [5.41, 5.74) is 6.49. The van der Waals surface area contributed by atoms with Gasteiger partial charge >= 0.3 is 0 Å². The first-order valence-electron chi connectivity index (χ1n) is 7.23. The van der Waals surface area contributed by atoms with Crippen molar-refractivity contribution in [2.24, 2.45) is 11.6 Å². The SMILES string of the molecule is N=C(N)SCc1ccc(Cl)cc1Oc1ccc(F)cc1CN(N)C(=O)S. The highest BCUT2D eigenvalue weighted by molar-refractivity contribution is 8.13. The minimum atomic E-state index is -0.665. The van der Waals surface area contributed by atoms with Crippen LogP contribution in [0.1, 0.15) is 11.1 Å². The molecule has 2 aromatic rings. The van der Waals surface area contributed by atoms with E-state index in [1.807, 2.05) is 0 Å². The number of halogens is 2. The zero-order valence-corrected chi connectivity index (χ0v) is 15.9. The molecule has 2 aromatic carbocycles. The third-order valence-corrected chi connectivity index (χ3v) is 4.50. The molecule has 138 valence electrons. The number of hydrogen-bond acceptors (Lipinski definition) is 5. The van der Waals surface area contributed by atoms with Crippen LogP contribution in [0.4, 0.5) is 9.18 Å². The average molecular weight is 415 g/mol. The summed E-state index contributed by atoms with van der Waals surface area (Å²) >= 11 is 10.8. The Labute approximate surface area is 164 Å². The van der Waals surface area contributed by atoms with Gasteiger partial charge in [-0.05, 0) is 30.3 Å². The molecular formula is C16H16ClFN4O2S2. The van der Waals surface area contributed by atoms with Gasteiger partial charge in [-0.3, -0.25) is 15.2 Å². The molecule has 0 spiro atoms. The van der Waals surface area contributed by atoms with E-state index in [1.165, 1.54) is 18.2 Å². The number of hydrogen-bond donors (Lipinski definition) is 4. The van der Waals surface area contributed by atoms with Crippen molar-refractivity contribution < 1.29 is 13.9 Å². The van der Waals surface area contributed by atoms with Gasteiger partial charge < -0.3 is 10.5 Å². The summed E-state index contributed by atoms with van der Waals surface area (Å²) in [5.74, 6) is 6.21. The van der Waals surface area contributed by atoms with Crippen molar-refractivity contribution in [2.75, 3.05) is 0 Å². The first kappa shape index (κ1) is 20.4. The molecule has 0 aliphatic heterocycles. The fourth-order valence-electron chi connectivity index (χ4n) is 2.04. The molecule has 0 atom stereocenters. The second kappa shape index (κ2) is 9.13. The molecule has 0 aliphatic rings. The summed E-state index contributed by atoms with van der Waals surface area (Å²) in [6, 6.07) is 8.94. The van der Waals surface area contributed by atoms with E-state index in [4.69, 9.17) is 33.3 Å². The molecule has 26 heavy (non-hydrogen) atoms. The Bertz CT molecular complexity index is 838. The van der Waals surface area contributed by atoms with Gasteiger partial charge in [0.2, 0.25) is 0 Å². The fourth-order valence-corrected chi connectivity index (χ4v) is 2.82. The lowest BCUT2D eigenvalue weighted by atomic mass is 10.1. The number of nitrogens with zero attached hydrogens (tertiary/aromatic N) is 1. The Kier molecular flexibility index (Phi) is 7.15. The predicted octanol–water partition coefficient (Wildman–Crippen LogP) is 4.12.